The number of nitrogens with one attached hydrogen (secondary N) is 2. The summed E-state index contributed by atoms with van der Waals surface area (Å²) < 4.78 is 5.03. The van der Waals surface area contributed by atoms with Crippen LogP contribution in [0.2, 0.25) is 0 Å². The van der Waals surface area contributed by atoms with Gasteiger partial charge >= 0.3 is 6.01 Å². The van der Waals surface area contributed by atoms with Crippen molar-refractivity contribution in [3.05, 3.63) is 40.4 Å². The van der Waals surface area contributed by atoms with E-state index in [-0.39, 0.29) is 11.7 Å². The Balaban J connectivity index is 2.27. The molecule has 0 aliphatic rings. The number of non-ortho nitro benzene ring substituents is 1. The summed E-state index contributed by atoms with van der Waals surface area (Å²) in [6.45, 7) is 2.65. The van der Waals surface area contributed by atoms with E-state index in [1.165, 1.54) is 19.2 Å². The molecule has 1 aromatic heterocycles. The third-order valence-electron chi connectivity index (χ3n) is 2.58. The average molecular weight is 289 g/mol. The van der Waals surface area contributed by atoms with Crippen LogP contribution >= 0.6 is 0 Å². The number of benzene rings is 1. The lowest BCUT2D eigenvalue weighted by molar-refractivity contribution is -0.384. The van der Waals surface area contributed by atoms with Gasteiger partial charge in [0.1, 0.15) is 11.6 Å². The van der Waals surface area contributed by atoms with Gasteiger partial charge in [-0.05, 0) is 13.0 Å². The Morgan fingerprint density at radius 3 is 2.71 bits per heavy atom. The van der Waals surface area contributed by atoms with Gasteiger partial charge < -0.3 is 15.4 Å². The topological polar surface area (TPSA) is 102 Å². The lowest BCUT2D eigenvalue weighted by Crippen LogP contribution is -2.04. The van der Waals surface area contributed by atoms with Crippen LogP contribution in [0, 0.1) is 10.1 Å². The first-order valence-corrected chi connectivity index (χ1v) is 6.30. The summed E-state index contributed by atoms with van der Waals surface area (Å²) in [6, 6.07) is 8.09. The van der Waals surface area contributed by atoms with Gasteiger partial charge in [-0.2, -0.15) is 9.97 Å². The number of nitro groups is 1. The summed E-state index contributed by atoms with van der Waals surface area (Å²) in [5.74, 6) is 1.09. The van der Waals surface area contributed by atoms with Crippen LogP contribution in [-0.4, -0.2) is 28.5 Å². The first kappa shape index (κ1) is 14.5. The molecule has 8 heteroatoms. The van der Waals surface area contributed by atoms with Crippen molar-refractivity contribution in [3.63, 3.8) is 0 Å². The molecule has 110 valence electrons. The average Bonchev–Trinajstić information content (AvgIpc) is 2.47. The first-order chi connectivity index (χ1) is 10.1. The molecule has 0 spiro atoms. The Kier molecular flexibility index (Phi) is 4.50. The molecule has 0 saturated heterocycles. The second-order valence-corrected chi connectivity index (χ2v) is 4.09. The third-order valence-corrected chi connectivity index (χ3v) is 2.58. The highest BCUT2D eigenvalue weighted by Gasteiger charge is 2.08. The van der Waals surface area contributed by atoms with Gasteiger partial charge in [0, 0.05) is 30.4 Å². The number of nitro benzene ring substituents is 1. The lowest BCUT2D eigenvalue weighted by Gasteiger charge is -2.09. The molecular weight excluding hydrogens is 274 g/mol. The molecule has 2 rings (SSSR count). The molecule has 0 fully saturated rings. The van der Waals surface area contributed by atoms with Gasteiger partial charge in [-0.3, -0.25) is 10.1 Å². The van der Waals surface area contributed by atoms with Gasteiger partial charge in [0.25, 0.3) is 5.69 Å². The van der Waals surface area contributed by atoms with Crippen molar-refractivity contribution in [2.24, 2.45) is 0 Å². The zero-order valence-electron chi connectivity index (χ0n) is 11.7. The Labute approximate surface area is 121 Å². The van der Waals surface area contributed by atoms with E-state index in [0.717, 1.165) is 0 Å². The maximum atomic E-state index is 10.8. The summed E-state index contributed by atoms with van der Waals surface area (Å²) in [5.41, 5.74) is 0.570. The molecule has 1 aromatic carbocycles. The van der Waals surface area contributed by atoms with E-state index in [1.807, 2.05) is 6.92 Å². The Hall–Kier alpha value is -2.90. The minimum absolute atomic E-state index is 0.00734. The molecule has 21 heavy (non-hydrogen) atoms. The number of ether oxygens (including phenoxy) is 1. The standard InChI is InChI=1S/C13H15N5O3/c1-3-14-11-8-12(17-13(16-11)21-2)15-9-5-4-6-10(7-9)18(19)20/h4-8H,3H2,1-2H3,(H2,14,15,16,17). The molecule has 2 N–H and O–H groups in total. The number of aromatic nitrogens is 2. The molecule has 0 radical (unpaired) electrons. The van der Waals surface area contributed by atoms with Crippen LogP contribution in [0.25, 0.3) is 0 Å². The van der Waals surface area contributed by atoms with E-state index in [1.54, 1.807) is 18.2 Å². The fourth-order valence-corrected chi connectivity index (χ4v) is 1.70. The van der Waals surface area contributed by atoms with Gasteiger partial charge in [0.15, 0.2) is 0 Å². The van der Waals surface area contributed by atoms with Gasteiger partial charge in [-0.1, -0.05) is 6.07 Å². The van der Waals surface area contributed by atoms with Crippen LogP contribution in [0.3, 0.4) is 0 Å². The van der Waals surface area contributed by atoms with Crippen molar-refractivity contribution in [3.8, 4) is 6.01 Å². The fourth-order valence-electron chi connectivity index (χ4n) is 1.70. The van der Waals surface area contributed by atoms with Crippen molar-refractivity contribution in [2.45, 2.75) is 6.92 Å². The minimum Gasteiger partial charge on any atom is -0.467 e. The van der Waals surface area contributed by atoms with E-state index in [2.05, 4.69) is 20.6 Å². The molecule has 0 aliphatic carbocycles. The summed E-state index contributed by atoms with van der Waals surface area (Å²) in [7, 11) is 1.47. The fraction of sp³-hybridized carbons (Fsp3) is 0.231. The molecule has 1 heterocycles. The maximum Gasteiger partial charge on any atom is 0.320 e. The van der Waals surface area contributed by atoms with Gasteiger partial charge in [-0.15, -0.1) is 0 Å². The van der Waals surface area contributed by atoms with Crippen LogP contribution in [0.1, 0.15) is 6.92 Å². The summed E-state index contributed by atoms with van der Waals surface area (Å²) in [5, 5.41) is 16.8. The molecule has 0 saturated carbocycles. The van der Waals surface area contributed by atoms with E-state index < -0.39 is 4.92 Å². The van der Waals surface area contributed by atoms with E-state index in [0.29, 0.717) is 23.9 Å². The van der Waals surface area contributed by atoms with Crippen LogP contribution in [0.4, 0.5) is 23.0 Å². The SMILES string of the molecule is CCNc1cc(Nc2cccc([N+](=O)[O-])c2)nc(OC)n1. The van der Waals surface area contributed by atoms with Crippen LogP contribution in [0.15, 0.2) is 30.3 Å². The highest BCUT2D eigenvalue weighted by atomic mass is 16.6. The van der Waals surface area contributed by atoms with Crippen molar-refractivity contribution in [1.29, 1.82) is 0 Å². The lowest BCUT2D eigenvalue weighted by atomic mass is 10.3. The summed E-state index contributed by atoms with van der Waals surface area (Å²) in [4.78, 5) is 18.6. The molecule has 0 aliphatic heterocycles. The van der Waals surface area contributed by atoms with Gasteiger partial charge in [0.05, 0.1) is 12.0 Å². The molecule has 0 unspecified atom stereocenters. The van der Waals surface area contributed by atoms with Crippen LogP contribution in [-0.2, 0) is 0 Å². The molecule has 0 atom stereocenters. The summed E-state index contributed by atoms with van der Waals surface area (Å²) in [6.07, 6.45) is 0. The van der Waals surface area contributed by atoms with Crippen LogP contribution in [0.5, 0.6) is 6.01 Å². The Bertz CT molecular complexity index is 647. The van der Waals surface area contributed by atoms with E-state index >= 15 is 0 Å². The highest BCUT2D eigenvalue weighted by molar-refractivity contribution is 5.62. The smallest absolute Gasteiger partial charge is 0.320 e. The number of anilines is 3. The number of methoxy groups -OCH3 is 1. The first-order valence-electron chi connectivity index (χ1n) is 6.30. The highest BCUT2D eigenvalue weighted by Crippen LogP contribution is 2.23. The number of hydrogen-bond donors (Lipinski definition) is 2. The summed E-state index contributed by atoms with van der Waals surface area (Å²) >= 11 is 0. The Morgan fingerprint density at radius 2 is 2.05 bits per heavy atom. The molecule has 2 aromatic rings. The number of rotatable bonds is 6. The second kappa shape index (κ2) is 6.51. The van der Waals surface area contributed by atoms with Crippen molar-refractivity contribution >= 4 is 23.0 Å². The monoisotopic (exact) mass is 289 g/mol. The normalized spacial score (nSPS) is 10.0. The maximum absolute atomic E-state index is 10.8. The number of nitrogens with zero attached hydrogens (tertiary/aromatic N) is 3. The van der Waals surface area contributed by atoms with Crippen LogP contribution < -0.4 is 15.4 Å². The minimum atomic E-state index is -0.449. The van der Waals surface area contributed by atoms with E-state index in [4.69, 9.17) is 4.74 Å². The second-order valence-electron chi connectivity index (χ2n) is 4.09. The molecular formula is C13H15N5O3. The Morgan fingerprint density at radius 1 is 1.29 bits per heavy atom. The zero-order valence-corrected chi connectivity index (χ0v) is 11.7. The predicted molar refractivity (Wildman–Crippen MR) is 79.1 cm³/mol. The molecule has 0 bridgehead atoms. The van der Waals surface area contributed by atoms with Crippen molar-refractivity contribution < 1.29 is 9.66 Å². The van der Waals surface area contributed by atoms with Gasteiger partial charge in [-0.25, -0.2) is 0 Å². The van der Waals surface area contributed by atoms with Crippen molar-refractivity contribution in [2.75, 3.05) is 24.3 Å². The quantitative estimate of drug-likeness (QED) is 0.622. The number of hydrogen-bond acceptors (Lipinski definition) is 7. The largest absolute Gasteiger partial charge is 0.467 e. The third kappa shape index (κ3) is 3.78. The van der Waals surface area contributed by atoms with E-state index in [9.17, 15) is 10.1 Å². The molecule has 8 nitrogen and oxygen atoms in total. The zero-order chi connectivity index (χ0) is 15.2. The van der Waals surface area contributed by atoms with Gasteiger partial charge in [0.2, 0.25) is 0 Å². The van der Waals surface area contributed by atoms with Crippen molar-refractivity contribution in [1.82, 2.24) is 9.97 Å². The molecule has 0 amide bonds. The predicted octanol–water partition coefficient (Wildman–Crippen LogP) is 2.57.